The van der Waals surface area contributed by atoms with Gasteiger partial charge in [0.1, 0.15) is 11.7 Å². The van der Waals surface area contributed by atoms with Crippen molar-refractivity contribution in [1.29, 1.82) is 0 Å². The molecule has 1 heterocycles. The van der Waals surface area contributed by atoms with E-state index in [0.717, 1.165) is 16.7 Å². The van der Waals surface area contributed by atoms with Gasteiger partial charge in [-0.2, -0.15) is 4.98 Å². The maximum Gasteiger partial charge on any atom is 0.230 e. The summed E-state index contributed by atoms with van der Waals surface area (Å²) in [7, 11) is 9.42. The molecule has 0 bridgehead atoms. The summed E-state index contributed by atoms with van der Waals surface area (Å²) < 4.78 is 32.4. The maximum absolute atomic E-state index is 6.24. The third kappa shape index (κ3) is 6.43. The van der Waals surface area contributed by atoms with Gasteiger partial charge in [0.2, 0.25) is 17.4 Å². The van der Waals surface area contributed by atoms with Crippen molar-refractivity contribution in [3.63, 3.8) is 0 Å². The molecule has 0 aliphatic rings. The van der Waals surface area contributed by atoms with Gasteiger partial charge in [-0.15, -0.1) is 0 Å². The summed E-state index contributed by atoms with van der Waals surface area (Å²) in [4.78, 5) is 13.4. The molecule has 0 amide bonds. The van der Waals surface area contributed by atoms with Crippen LogP contribution in [0.2, 0.25) is 0 Å². The van der Waals surface area contributed by atoms with Crippen LogP contribution in [0, 0.1) is 0 Å². The Morgan fingerprint density at radius 2 is 1.27 bits per heavy atom. The smallest absolute Gasteiger partial charge is 0.230 e. The molecule has 11 nitrogen and oxygen atoms in total. The fourth-order valence-corrected chi connectivity index (χ4v) is 3.71. The van der Waals surface area contributed by atoms with E-state index in [9.17, 15) is 0 Å². The lowest BCUT2D eigenvalue weighted by Gasteiger charge is -2.15. The average molecular weight is 512 g/mol. The molecule has 2 aromatic carbocycles. The predicted molar refractivity (Wildman–Crippen MR) is 142 cm³/mol. The maximum atomic E-state index is 6.24. The van der Waals surface area contributed by atoms with E-state index in [1.54, 1.807) is 48.9 Å². The summed E-state index contributed by atoms with van der Waals surface area (Å²) in [5.74, 6) is 4.63. The fraction of sp³-hybridized carbons (Fsp3) is 0.346. The number of methoxy groups -OCH3 is 6. The SMILES string of the molecule is COc1cc(CN=C(C)Nc2ncc(Cc3cc(OC)c(OC)c(OC)c3)c(N)n2)cc(OC)c1OC. The van der Waals surface area contributed by atoms with Crippen molar-refractivity contribution in [2.75, 3.05) is 53.7 Å². The van der Waals surface area contributed by atoms with Crippen molar-refractivity contribution in [3.05, 3.63) is 47.2 Å². The Labute approximate surface area is 216 Å². The number of nitrogens with one attached hydrogen (secondary N) is 1. The molecule has 198 valence electrons. The zero-order valence-electron chi connectivity index (χ0n) is 22.2. The first-order valence-electron chi connectivity index (χ1n) is 11.3. The molecule has 0 aliphatic carbocycles. The van der Waals surface area contributed by atoms with Crippen LogP contribution in [0.4, 0.5) is 11.8 Å². The molecule has 1 aromatic heterocycles. The van der Waals surface area contributed by atoms with E-state index in [-0.39, 0.29) is 0 Å². The zero-order chi connectivity index (χ0) is 26.9. The Morgan fingerprint density at radius 3 is 1.70 bits per heavy atom. The van der Waals surface area contributed by atoms with Gasteiger partial charge in [-0.25, -0.2) is 4.98 Å². The van der Waals surface area contributed by atoms with Crippen LogP contribution in [-0.2, 0) is 13.0 Å². The predicted octanol–water partition coefficient (Wildman–Crippen LogP) is 3.73. The van der Waals surface area contributed by atoms with Crippen LogP contribution in [0.25, 0.3) is 0 Å². The third-order valence-electron chi connectivity index (χ3n) is 5.53. The van der Waals surface area contributed by atoms with E-state index in [0.29, 0.717) is 65.1 Å². The highest BCUT2D eigenvalue weighted by molar-refractivity contribution is 5.92. The molecule has 11 heteroatoms. The minimum atomic E-state index is 0.345. The Kier molecular flexibility index (Phi) is 9.20. The number of hydrogen-bond acceptors (Lipinski definition) is 10. The first-order valence-corrected chi connectivity index (χ1v) is 11.3. The highest BCUT2D eigenvalue weighted by Crippen LogP contribution is 2.39. The molecular formula is C26H33N5O6. The summed E-state index contributed by atoms with van der Waals surface area (Å²) in [6.45, 7) is 2.20. The number of nitrogens with zero attached hydrogens (tertiary/aromatic N) is 3. The van der Waals surface area contributed by atoms with E-state index in [1.807, 2.05) is 31.2 Å². The number of rotatable bonds is 11. The van der Waals surface area contributed by atoms with Gasteiger partial charge >= 0.3 is 0 Å². The number of ether oxygens (including phenoxy) is 6. The highest BCUT2D eigenvalue weighted by Gasteiger charge is 2.15. The monoisotopic (exact) mass is 511 g/mol. The molecule has 0 atom stereocenters. The quantitative estimate of drug-likeness (QED) is 0.290. The molecule has 3 rings (SSSR count). The van der Waals surface area contributed by atoms with Crippen molar-refractivity contribution < 1.29 is 28.4 Å². The molecule has 0 spiro atoms. The highest BCUT2D eigenvalue weighted by atomic mass is 16.5. The molecule has 0 aliphatic heterocycles. The van der Waals surface area contributed by atoms with Crippen molar-refractivity contribution >= 4 is 17.6 Å². The van der Waals surface area contributed by atoms with E-state index in [1.165, 1.54) is 0 Å². The summed E-state index contributed by atoms with van der Waals surface area (Å²) in [5.41, 5.74) is 8.79. The molecule has 37 heavy (non-hydrogen) atoms. The molecule has 0 saturated carbocycles. The number of nitrogen functional groups attached to an aromatic ring is 1. The summed E-state index contributed by atoms with van der Waals surface area (Å²) in [5, 5.41) is 3.08. The summed E-state index contributed by atoms with van der Waals surface area (Å²) >= 11 is 0. The van der Waals surface area contributed by atoms with Gasteiger partial charge in [-0.05, 0) is 42.3 Å². The van der Waals surface area contributed by atoms with Gasteiger partial charge in [0, 0.05) is 18.2 Å². The Morgan fingerprint density at radius 1 is 0.784 bits per heavy atom. The Bertz CT molecular complexity index is 1210. The van der Waals surface area contributed by atoms with Gasteiger partial charge in [0.15, 0.2) is 23.0 Å². The zero-order valence-corrected chi connectivity index (χ0v) is 22.2. The number of aliphatic imine (C=N–C) groups is 1. The summed E-state index contributed by atoms with van der Waals surface area (Å²) in [6, 6.07) is 7.44. The van der Waals surface area contributed by atoms with E-state index in [2.05, 4.69) is 20.3 Å². The van der Waals surface area contributed by atoms with E-state index < -0.39 is 0 Å². The molecule has 3 aromatic rings. The Balaban J connectivity index is 1.73. The van der Waals surface area contributed by atoms with Crippen LogP contribution in [0.5, 0.6) is 34.5 Å². The van der Waals surface area contributed by atoms with Gasteiger partial charge in [0.05, 0.1) is 49.2 Å². The van der Waals surface area contributed by atoms with Crippen LogP contribution >= 0.6 is 0 Å². The standard InChI is InChI=1S/C26H33N5O6/c1-15(28-13-17-11-21(34-4)24(37-7)22(12-17)35-5)30-26-29-14-18(25(27)31-26)8-16-9-19(32-2)23(36-6)20(10-16)33-3/h9-12,14H,8,13H2,1-7H3,(H3,27,28,29,30,31). The van der Waals surface area contributed by atoms with Crippen LogP contribution in [-0.4, -0.2) is 58.5 Å². The van der Waals surface area contributed by atoms with Crippen molar-refractivity contribution in [2.45, 2.75) is 19.9 Å². The molecule has 0 unspecified atom stereocenters. The van der Waals surface area contributed by atoms with Gasteiger partial charge < -0.3 is 39.5 Å². The lowest BCUT2D eigenvalue weighted by Crippen LogP contribution is -2.12. The minimum Gasteiger partial charge on any atom is -0.493 e. The normalized spacial score (nSPS) is 11.1. The molecule has 0 radical (unpaired) electrons. The second-order valence-electron chi connectivity index (χ2n) is 7.87. The molecule has 0 saturated heterocycles. The second-order valence-corrected chi connectivity index (χ2v) is 7.87. The largest absolute Gasteiger partial charge is 0.493 e. The Hall–Kier alpha value is -4.41. The first-order chi connectivity index (χ1) is 17.9. The molecule has 0 fully saturated rings. The average Bonchev–Trinajstić information content (AvgIpc) is 2.91. The van der Waals surface area contributed by atoms with Crippen LogP contribution < -0.4 is 39.5 Å². The van der Waals surface area contributed by atoms with Crippen LogP contribution in [0.3, 0.4) is 0 Å². The van der Waals surface area contributed by atoms with Gasteiger partial charge in [-0.1, -0.05) is 0 Å². The second kappa shape index (κ2) is 12.5. The molecular weight excluding hydrogens is 478 g/mol. The first kappa shape index (κ1) is 27.2. The number of nitrogens with two attached hydrogens (primary N) is 1. The van der Waals surface area contributed by atoms with Gasteiger partial charge in [-0.3, -0.25) is 4.99 Å². The van der Waals surface area contributed by atoms with Crippen LogP contribution in [0.1, 0.15) is 23.6 Å². The van der Waals surface area contributed by atoms with Crippen molar-refractivity contribution in [1.82, 2.24) is 9.97 Å². The lowest BCUT2D eigenvalue weighted by molar-refractivity contribution is 0.324. The fourth-order valence-electron chi connectivity index (χ4n) is 3.71. The van der Waals surface area contributed by atoms with Crippen molar-refractivity contribution in [2.24, 2.45) is 4.99 Å². The molecule has 3 N–H and O–H groups in total. The number of aromatic nitrogens is 2. The lowest BCUT2D eigenvalue weighted by atomic mass is 10.1. The van der Waals surface area contributed by atoms with Crippen molar-refractivity contribution in [3.8, 4) is 34.5 Å². The van der Waals surface area contributed by atoms with Crippen LogP contribution in [0.15, 0.2) is 35.5 Å². The number of anilines is 2. The number of benzene rings is 2. The van der Waals surface area contributed by atoms with E-state index >= 15 is 0 Å². The topological polar surface area (TPSA) is 132 Å². The number of amidine groups is 1. The minimum absolute atomic E-state index is 0.345. The summed E-state index contributed by atoms with van der Waals surface area (Å²) in [6.07, 6.45) is 2.16. The third-order valence-corrected chi connectivity index (χ3v) is 5.53. The number of hydrogen-bond donors (Lipinski definition) is 2. The van der Waals surface area contributed by atoms with E-state index in [4.69, 9.17) is 34.2 Å². The van der Waals surface area contributed by atoms with Gasteiger partial charge in [0.25, 0.3) is 0 Å².